The fourth-order valence-corrected chi connectivity index (χ4v) is 0.670. The van der Waals surface area contributed by atoms with Crippen LogP contribution < -0.4 is 0 Å². The second-order valence-corrected chi connectivity index (χ2v) is 3.03. The smallest absolute Gasteiger partial charge is 0.219 e. The first-order valence-corrected chi connectivity index (χ1v) is 4.72. The second-order valence-electron chi connectivity index (χ2n) is 1.62. The lowest BCUT2D eigenvalue weighted by atomic mass is 10.8. The molecule has 0 spiro atoms. The van der Waals surface area contributed by atoms with Gasteiger partial charge in [-0.3, -0.25) is 0 Å². The van der Waals surface area contributed by atoms with Crippen LogP contribution in [0.25, 0.3) is 0 Å². The lowest BCUT2D eigenvalue weighted by molar-refractivity contribution is -0.0392. The minimum Gasteiger partial charge on any atom is -0.476 e. The van der Waals surface area contributed by atoms with E-state index in [4.69, 9.17) is 21.7 Å². The number of methoxy groups -OCH3 is 1. The Morgan fingerprint density at radius 2 is 2.18 bits per heavy atom. The zero-order chi connectivity index (χ0) is 8.53. The van der Waals surface area contributed by atoms with Crippen LogP contribution in [0.1, 0.15) is 0 Å². The van der Waals surface area contributed by atoms with Gasteiger partial charge in [-0.15, -0.1) is 0 Å². The lowest BCUT2D eigenvalue weighted by Gasteiger charge is -2.04. The van der Waals surface area contributed by atoms with Crippen molar-refractivity contribution in [2.45, 2.75) is 0 Å². The molecule has 0 unspecified atom stereocenters. The Kier molecular flexibility index (Phi) is 8.38. The van der Waals surface area contributed by atoms with Crippen molar-refractivity contribution in [1.29, 1.82) is 0 Å². The highest BCUT2D eigenvalue weighted by Crippen LogP contribution is 1.98. The molecule has 0 N–H and O–H groups in total. The Morgan fingerprint density at radius 3 is 2.73 bits per heavy atom. The highest BCUT2D eigenvalue weighted by Gasteiger charge is 1.92. The van der Waals surface area contributed by atoms with E-state index >= 15 is 0 Å². The van der Waals surface area contributed by atoms with Gasteiger partial charge in [0.1, 0.15) is 13.4 Å². The average Bonchev–Trinajstić information content (AvgIpc) is 2.04. The minimum absolute atomic E-state index is 0.301. The molecular weight excluding hydrogens is 184 g/mol. The van der Waals surface area contributed by atoms with E-state index in [0.717, 1.165) is 0 Å². The molecule has 0 saturated carbocycles. The Morgan fingerprint density at radius 1 is 1.45 bits per heavy atom. The van der Waals surface area contributed by atoms with E-state index in [-0.39, 0.29) is 0 Å². The summed E-state index contributed by atoms with van der Waals surface area (Å²) in [5.74, 6) is 0. The molecule has 0 rings (SSSR count). The van der Waals surface area contributed by atoms with E-state index in [1.165, 1.54) is 11.8 Å². The summed E-state index contributed by atoms with van der Waals surface area (Å²) >= 11 is 6.20. The summed E-state index contributed by atoms with van der Waals surface area (Å²) in [5, 5.41) is 0. The number of thiocarbonyl (C=S) groups is 1. The van der Waals surface area contributed by atoms with E-state index in [0.29, 0.717) is 24.4 Å². The minimum atomic E-state index is 0.301. The zero-order valence-corrected chi connectivity index (χ0v) is 8.30. The number of rotatable bonds is 5. The van der Waals surface area contributed by atoms with Crippen molar-refractivity contribution in [3.8, 4) is 0 Å². The highest BCUT2D eigenvalue weighted by atomic mass is 32.2. The van der Waals surface area contributed by atoms with Crippen LogP contribution >= 0.6 is 24.0 Å². The third-order valence-corrected chi connectivity index (χ3v) is 1.88. The van der Waals surface area contributed by atoms with E-state index in [1.807, 2.05) is 6.26 Å². The van der Waals surface area contributed by atoms with Gasteiger partial charge >= 0.3 is 0 Å². The first kappa shape index (κ1) is 11.2. The molecule has 0 fully saturated rings. The topological polar surface area (TPSA) is 27.7 Å². The summed E-state index contributed by atoms with van der Waals surface area (Å²) < 4.78 is 15.2. The molecule has 0 saturated heterocycles. The Bertz CT molecular complexity index is 108. The molecule has 11 heavy (non-hydrogen) atoms. The maximum atomic E-state index is 5.05. The van der Waals surface area contributed by atoms with Crippen LogP contribution in [-0.2, 0) is 14.2 Å². The number of hydrogen-bond donors (Lipinski definition) is 0. The van der Waals surface area contributed by atoms with Crippen LogP contribution in [0, 0.1) is 0 Å². The van der Waals surface area contributed by atoms with Gasteiger partial charge in [0.05, 0.1) is 6.61 Å². The summed E-state index contributed by atoms with van der Waals surface area (Å²) in [5.41, 5.74) is 0. The lowest BCUT2D eigenvalue weighted by Crippen LogP contribution is -2.07. The van der Waals surface area contributed by atoms with E-state index in [9.17, 15) is 0 Å². The molecule has 0 atom stereocenters. The first-order chi connectivity index (χ1) is 5.31. The number of ether oxygens (including phenoxy) is 3. The third-order valence-electron chi connectivity index (χ3n) is 0.815. The monoisotopic (exact) mass is 196 g/mol. The number of thioether (sulfide) groups is 1. The summed E-state index contributed by atoms with van der Waals surface area (Å²) in [7, 11) is 1.58. The van der Waals surface area contributed by atoms with Crippen molar-refractivity contribution in [2.24, 2.45) is 0 Å². The largest absolute Gasteiger partial charge is 0.476 e. The quantitative estimate of drug-likeness (QED) is 0.375. The second kappa shape index (κ2) is 8.26. The number of hydrogen-bond acceptors (Lipinski definition) is 5. The van der Waals surface area contributed by atoms with Crippen molar-refractivity contribution >= 4 is 28.4 Å². The third kappa shape index (κ3) is 8.06. The van der Waals surface area contributed by atoms with Gasteiger partial charge in [-0.1, -0.05) is 11.8 Å². The Hall–Kier alpha value is 0.160. The van der Waals surface area contributed by atoms with E-state index in [1.54, 1.807) is 7.11 Å². The molecule has 66 valence electrons. The van der Waals surface area contributed by atoms with Crippen LogP contribution in [0.2, 0.25) is 0 Å². The SMILES string of the molecule is COCOCCOC(=S)SC. The van der Waals surface area contributed by atoms with Crippen LogP contribution in [0.5, 0.6) is 0 Å². The molecule has 0 aliphatic rings. The standard InChI is InChI=1S/C6H12O3S2/c1-7-5-8-3-4-9-6(10)11-2/h3-5H2,1-2H3. The summed E-state index contributed by atoms with van der Waals surface area (Å²) in [4.78, 5) is 0. The Labute approximate surface area is 76.4 Å². The highest BCUT2D eigenvalue weighted by molar-refractivity contribution is 8.22. The van der Waals surface area contributed by atoms with E-state index in [2.05, 4.69) is 4.74 Å². The predicted molar refractivity (Wildman–Crippen MR) is 49.9 cm³/mol. The molecule has 0 aromatic rings. The molecular formula is C6H12O3S2. The maximum Gasteiger partial charge on any atom is 0.219 e. The van der Waals surface area contributed by atoms with Crippen molar-refractivity contribution in [2.75, 3.05) is 33.4 Å². The van der Waals surface area contributed by atoms with Gasteiger partial charge in [-0.2, -0.15) is 0 Å². The van der Waals surface area contributed by atoms with Gasteiger partial charge in [0.15, 0.2) is 0 Å². The molecule has 0 bridgehead atoms. The fourth-order valence-electron chi connectivity index (χ4n) is 0.385. The molecule has 0 amide bonds. The summed E-state index contributed by atoms with van der Waals surface area (Å²) in [6, 6.07) is 0. The van der Waals surface area contributed by atoms with Crippen LogP contribution in [0.4, 0.5) is 0 Å². The normalized spacial score (nSPS) is 9.64. The molecule has 3 nitrogen and oxygen atoms in total. The molecule has 0 heterocycles. The van der Waals surface area contributed by atoms with Gasteiger partial charge in [0.25, 0.3) is 0 Å². The van der Waals surface area contributed by atoms with Crippen LogP contribution in [0.3, 0.4) is 0 Å². The molecule has 0 aliphatic heterocycles. The van der Waals surface area contributed by atoms with Gasteiger partial charge in [0.2, 0.25) is 4.38 Å². The zero-order valence-electron chi connectivity index (χ0n) is 6.66. The van der Waals surface area contributed by atoms with Gasteiger partial charge in [-0.05, 0) is 18.5 Å². The van der Waals surface area contributed by atoms with Crippen molar-refractivity contribution in [1.82, 2.24) is 0 Å². The molecule has 0 aromatic heterocycles. The van der Waals surface area contributed by atoms with Gasteiger partial charge < -0.3 is 14.2 Å². The molecule has 0 aromatic carbocycles. The van der Waals surface area contributed by atoms with Crippen LogP contribution in [-0.4, -0.2) is 37.8 Å². The predicted octanol–water partition coefficient (Wildman–Crippen LogP) is 1.27. The van der Waals surface area contributed by atoms with Crippen molar-refractivity contribution < 1.29 is 14.2 Å². The first-order valence-electron chi connectivity index (χ1n) is 3.08. The molecule has 0 radical (unpaired) electrons. The fraction of sp³-hybridized carbons (Fsp3) is 0.833. The molecule has 0 aliphatic carbocycles. The average molecular weight is 196 g/mol. The maximum absolute atomic E-state index is 5.05. The Balaban J connectivity index is 2.95. The van der Waals surface area contributed by atoms with Gasteiger partial charge in [0, 0.05) is 7.11 Å². The van der Waals surface area contributed by atoms with Gasteiger partial charge in [-0.25, -0.2) is 0 Å². The van der Waals surface area contributed by atoms with Crippen molar-refractivity contribution in [3.05, 3.63) is 0 Å². The van der Waals surface area contributed by atoms with Crippen LogP contribution in [0.15, 0.2) is 0 Å². The van der Waals surface area contributed by atoms with E-state index < -0.39 is 0 Å². The van der Waals surface area contributed by atoms with Crippen molar-refractivity contribution in [3.63, 3.8) is 0 Å². The molecule has 5 heteroatoms. The summed E-state index contributed by atoms with van der Waals surface area (Å²) in [6.45, 7) is 1.30. The summed E-state index contributed by atoms with van der Waals surface area (Å²) in [6.07, 6.45) is 1.87.